The molecule has 1 aromatic heterocycles. The van der Waals surface area contributed by atoms with Crippen LogP contribution in [0.2, 0.25) is 0 Å². The monoisotopic (exact) mass is 172 g/mol. The highest BCUT2D eigenvalue weighted by atomic mass is 32.1. The Balaban J connectivity index is 2.87. The van der Waals surface area contributed by atoms with Crippen molar-refractivity contribution in [2.24, 2.45) is 0 Å². The fourth-order valence-corrected chi connectivity index (χ4v) is 2.11. The number of aldehydes is 1. The predicted octanol–water partition coefficient (Wildman–Crippen LogP) is 1.51. The number of fused-ring (bicyclic) bond motifs is 1. The number of benzene rings is 1. The molecule has 0 aliphatic carbocycles. The van der Waals surface area contributed by atoms with Crippen molar-refractivity contribution in [3.63, 3.8) is 0 Å². The van der Waals surface area contributed by atoms with Gasteiger partial charge in [-0.15, -0.1) is 11.3 Å². The first-order valence-electron chi connectivity index (χ1n) is 3.55. The zero-order valence-electron chi connectivity index (χ0n) is 6.28. The van der Waals surface area contributed by atoms with Crippen molar-refractivity contribution < 1.29 is 4.79 Å². The summed E-state index contributed by atoms with van der Waals surface area (Å²) in [6.45, 7) is 0. The molecule has 0 atom stereocenters. The molecular formula is C9H5BOS. The van der Waals surface area contributed by atoms with Gasteiger partial charge in [0.2, 0.25) is 0 Å². The van der Waals surface area contributed by atoms with Crippen LogP contribution < -0.4 is 5.46 Å². The second kappa shape index (κ2) is 2.75. The molecule has 0 amide bonds. The second-order valence-electron chi connectivity index (χ2n) is 2.49. The van der Waals surface area contributed by atoms with Crippen LogP contribution in [-0.4, -0.2) is 14.1 Å². The Kier molecular flexibility index (Phi) is 1.73. The molecule has 2 aromatic rings. The quantitative estimate of drug-likeness (QED) is 0.470. The van der Waals surface area contributed by atoms with E-state index < -0.39 is 0 Å². The van der Waals surface area contributed by atoms with Gasteiger partial charge >= 0.3 is 0 Å². The summed E-state index contributed by atoms with van der Waals surface area (Å²) < 4.78 is 1.07. The van der Waals surface area contributed by atoms with Gasteiger partial charge in [0.05, 0.1) is 4.88 Å². The number of carbonyl (C=O) groups excluding carboxylic acids is 1. The van der Waals surface area contributed by atoms with Gasteiger partial charge in [-0.3, -0.25) is 4.79 Å². The van der Waals surface area contributed by atoms with Gasteiger partial charge < -0.3 is 0 Å². The average molecular weight is 172 g/mol. The summed E-state index contributed by atoms with van der Waals surface area (Å²) in [5.41, 5.74) is 0.602. The Labute approximate surface area is 75.4 Å². The zero-order valence-corrected chi connectivity index (χ0v) is 7.10. The third kappa shape index (κ3) is 0.977. The zero-order chi connectivity index (χ0) is 8.55. The molecule has 3 heteroatoms. The molecular weight excluding hydrogens is 167 g/mol. The van der Waals surface area contributed by atoms with E-state index in [4.69, 9.17) is 7.85 Å². The van der Waals surface area contributed by atoms with E-state index in [2.05, 4.69) is 0 Å². The molecule has 1 heterocycles. The van der Waals surface area contributed by atoms with E-state index in [0.717, 1.165) is 16.4 Å². The average Bonchev–Trinajstić information content (AvgIpc) is 2.44. The van der Waals surface area contributed by atoms with Gasteiger partial charge in [0, 0.05) is 4.70 Å². The Bertz CT molecular complexity index is 433. The predicted molar refractivity (Wildman–Crippen MR) is 52.6 cm³/mol. The molecule has 2 rings (SSSR count). The van der Waals surface area contributed by atoms with Gasteiger partial charge in [-0.2, -0.15) is 0 Å². The highest BCUT2D eigenvalue weighted by molar-refractivity contribution is 7.21. The summed E-state index contributed by atoms with van der Waals surface area (Å²) in [7, 11) is 5.73. The van der Waals surface area contributed by atoms with Gasteiger partial charge in [0.25, 0.3) is 0 Å². The largest absolute Gasteiger partial charge is 0.297 e. The van der Waals surface area contributed by atoms with Crippen LogP contribution >= 0.6 is 11.3 Å². The first-order chi connectivity index (χ1) is 5.83. The van der Waals surface area contributed by atoms with Crippen LogP contribution in [0.5, 0.6) is 0 Å². The smallest absolute Gasteiger partial charge is 0.159 e. The molecule has 12 heavy (non-hydrogen) atoms. The van der Waals surface area contributed by atoms with Crippen molar-refractivity contribution in [2.45, 2.75) is 0 Å². The Morgan fingerprint density at radius 2 is 2.08 bits per heavy atom. The van der Waals surface area contributed by atoms with Crippen LogP contribution in [0.4, 0.5) is 0 Å². The molecule has 2 radical (unpaired) electrons. The van der Waals surface area contributed by atoms with Crippen molar-refractivity contribution in [1.82, 2.24) is 0 Å². The van der Waals surface area contributed by atoms with E-state index in [-0.39, 0.29) is 0 Å². The highest BCUT2D eigenvalue weighted by Crippen LogP contribution is 2.20. The Hall–Kier alpha value is -1.09. The van der Waals surface area contributed by atoms with Gasteiger partial charge in [-0.1, -0.05) is 23.7 Å². The summed E-state index contributed by atoms with van der Waals surface area (Å²) >= 11 is 1.43. The Morgan fingerprint density at radius 3 is 2.75 bits per heavy atom. The summed E-state index contributed by atoms with van der Waals surface area (Å²) in [6, 6.07) is 7.74. The maximum Gasteiger partial charge on any atom is 0.159 e. The third-order valence-electron chi connectivity index (χ3n) is 1.77. The summed E-state index contributed by atoms with van der Waals surface area (Å²) in [5.74, 6) is 0. The van der Waals surface area contributed by atoms with Gasteiger partial charge in [-0.25, -0.2) is 0 Å². The van der Waals surface area contributed by atoms with E-state index in [1.165, 1.54) is 11.3 Å². The molecule has 0 fully saturated rings. The molecule has 0 N–H and O–H groups in total. The lowest BCUT2D eigenvalue weighted by Crippen LogP contribution is -2.04. The van der Waals surface area contributed by atoms with Crippen molar-refractivity contribution in [1.29, 1.82) is 0 Å². The van der Waals surface area contributed by atoms with E-state index in [1.807, 2.05) is 24.3 Å². The van der Waals surface area contributed by atoms with E-state index in [1.54, 1.807) is 0 Å². The van der Waals surface area contributed by atoms with E-state index in [9.17, 15) is 4.79 Å². The van der Waals surface area contributed by atoms with Crippen molar-refractivity contribution in [2.75, 3.05) is 0 Å². The standard InChI is InChI=1S/C9H5BOS/c10-9-6-3-1-2-4-7(6)12-8(9)5-11/h1-5H. The summed E-state index contributed by atoms with van der Waals surface area (Å²) in [5, 5.41) is 0.976. The molecule has 1 nitrogen and oxygen atoms in total. The first-order valence-corrected chi connectivity index (χ1v) is 4.37. The number of hydrogen-bond acceptors (Lipinski definition) is 2. The van der Waals surface area contributed by atoms with Crippen molar-refractivity contribution >= 4 is 41.0 Å². The van der Waals surface area contributed by atoms with Crippen LogP contribution in [0, 0.1) is 0 Å². The molecule has 56 valence electrons. The molecule has 0 saturated carbocycles. The lowest BCUT2D eigenvalue weighted by atomic mass is 9.93. The lowest BCUT2D eigenvalue weighted by molar-refractivity contribution is 0.112. The first kappa shape index (κ1) is 7.56. The topological polar surface area (TPSA) is 17.1 Å². The molecule has 0 unspecified atom stereocenters. The lowest BCUT2D eigenvalue weighted by Gasteiger charge is -1.88. The SMILES string of the molecule is [B]c1c(C=O)sc2ccccc12. The molecule has 0 aliphatic rings. The normalized spacial score (nSPS) is 10.3. The van der Waals surface area contributed by atoms with Gasteiger partial charge in [0.1, 0.15) is 7.85 Å². The number of rotatable bonds is 1. The number of carbonyl (C=O) groups is 1. The molecule has 1 aromatic carbocycles. The van der Waals surface area contributed by atoms with Gasteiger partial charge in [-0.05, 0) is 11.5 Å². The van der Waals surface area contributed by atoms with Crippen LogP contribution in [0.3, 0.4) is 0 Å². The minimum atomic E-state index is 0.602. The third-order valence-corrected chi connectivity index (χ3v) is 2.88. The second-order valence-corrected chi connectivity index (χ2v) is 3.58. The summed E-state index contributed by atoms with van der Waals surface area (Å²) in [6.07, 6.45) is 0.806. The minimum absolute atomic E-state index is 0.602. The fourth-order valence-electron chi connectivity index (χ4n) is 1.17. The van der Waals surface area contributed by atoms with Gasteiger partial charge in [0.15, 0.2) is 6.29 Å². The van der Waals surface area contributed by atoms with Crippen LogP contribution in [0.15, 0.2) is 24.3 Å². The van der Waals surface area contributed by atoms with E-state index in [0.29, 0.717) is 10.3 Å². The van der Waals surface area contributed by atoms with Crippen molar-refractivity contribution in [3.8, 4) is 0 Å². The minimum Gasteiger partial charge on any atom is -0.297 e. The highest BCUT2D eigenvalue weighted by Gasteiger charge is 2.04. The molecule has 0 bridgehead atoms. The van der Waals surface area contributed by atoms with E-state index >= 15 is 0 Å². The van der Waals surface area contributed by atoms with Crippen LogP contribution in [0.25, 0.3) is 10.1 Å². The number of thiophene rings is 1. The maximum atomic E-state index is 10.5. The Morgan fingerprint density at radius 1 is 1.33 bits per heavy atom. The van der Waals surface area contributed by atoms with Crippen LogP contribution in [-0.2, 0) is 0 Å². The summed E-state index contributed by atoms with van der Waals surface area (Å²) in [4.78, 5) is 11.1. The molecule has 0 aliphatic heterocycles. The van der Waals surface area contributed by atoms with Crippen LogP contribution in [0.1, 0.15) is 9.67 Å². The fraction of sp³-hybridized carbons (Fsp3) is 0. The number of hydrogen-bond donors (Lipinski definition) is 0. The molecule has 0 spiro atoms. The molecule has 0 saturated heterocycles. The maximum absolute atomic E-state index is 10.5. The van der Waals surface area contributed by atoms with Crippen molar-refractivity contribution in [3.05, 3.63) is 29.1 Å².